The molecule has 1 rings (SSSR count). The molecule has 0 aromatic rings. The largest absolute Gasteiger partial charge is 0.109 e. The van der Waals surface area contributed by atoms with E-state index in [2.05, 4.69) is 59.1 Å². The Morgan fingerprint density at radius 2 is 0.619 bits per heavy atom. The summed E-state index contributed by atoms with van der Waals surface area (Å²) in [5.74, 6) is 0. The highest BCUT2D eigenvalue weighted by Crippen LogP contribution is 2.49. The van der Waals surface area contributed by atoms with Crippen molar-refractivity contribution in [3.05, 3.63) is 0 Å². The Morgan fingerprint density at radius 3 is 0.857 bits per heavy atom. The summed E-state index contributed by atoms with van der Waals surface area (Å²) in [6.45, 7) is 9.95. The average molecular weight is 286 g/mol. The van der Waals surface area contributed by atoms with Gasteiger partial charge in [0, 0.05) is 0 Å². The van der Waals surface area contributed by atoms with Gasteiger partial charge < -0.3 is 0 Å². The Kier molecular flexibility index (Phi) is 6.25. The van der Waals surface area contributed by atoms with Crippen LogP contribution in [0.3, 0.4) is 0 Å². The molecule has 1 aliphatic carbocycles. The first kappa shape index (κ1) is 19.3. The predicted octanol–water partition coefficient (Wildman–Crippen LogP) is 2.76. The Labute approximate surface area is 138 Å². The number of rotatable bonds is 0. The first-order valence-electron chi connectivity index (χ1n) is 9.33. The van der Waals surface area contributed by atoms with Gasteiger partial charge >= 0.3 is 0 Å². The van der Waals surface area contributed by atoms with Gasteiger partial charge in [-0.1, -0.05) is 107 Å². The summed E-state index contributed by atoms with van der Waals surface area (Å²) in [5, 5.41) is 2.07. The van der Waals surface area contributed by atoms with Crippen molar-refractivity contribution in [1.82, 2.24) is 0 Å². The zero-order chi connectivity index (χ0) is 16.4. The molecule has 0 N–H and O–H groups in total. The maximum Gasteiger partial charge on any atom is 0.109 e. The summed E-state index contributed by atoms with van der Waals surface area (Å²) in [5.41, 5.74) is 0. The fourth-order valence-electron chi connectivity index (χ4n) is 3.58. The molecule has 0 amide bonds. The second kappa shape index (κ2) is 6.79. The van der Waals surface area contributed by atoms with E-state index in [0.717, 1.165) is 0 Å². The van der Waals surface area contributed by atoms with Crippen molar-refractivity contribution in [1.29, 1.82) is 0 Å². The van der Waals surface area contributed by atoms with Gasteiger partial charge in [0.1, 0.15) is 31.4 Å². The quantitative estimate of drug-likeness (QED) is 0.601. The van der Waals surface area contributed by atoms with Crippen LogP contribution >= 0.6 is 0 Å². The highest BCUT2D eigenvalue weighted by Gasteiger charge is 2.30. The lowest BCUT2D eigenvalue weighted by molar-refractivity contribution is 0.387. The van der Waals surface area contributed by atoms with Crippen LogP contribution in [-0.2, 0) is 0 Å². The third-order valence-electron chi connectivity index (χ3n) is 6.14. The van der Waals surface area contributed by atoms with E-state index in [0.29, 0.717) is 21.3 Å². The minimum absolute atomic E-state index is 0.512. The van der Waals surface area contributed by atoms with Crippen molar-refractivity contribution in [3.8, 4) is 0 Å². The second-order valence-electron chi connectivity index (χ2n) is 11.0. The van der Waals surface area contributed by atoms with Crippen LogP contribution in [0.4, 0.5) is 0 Å². The minimum atomic E-state index is 0.512. The molecule has 0 heterocycles. The maximum atomic E-state index is 2.49. The van der Waals surface area contributed by atoms with Gasteiger partial charge in [-0.05, 0) is 0 Å². The molecule has 21 heavy (non-hydrogen) atoms. The van der Waals surface area contributed by atoms with Gasteiger partial charge in [0.15, 0.2) is 0 Å². The Bertz CT molecular complexity index is 300. The summed E-state index contributed by atoms with van der Waals surface area (Å²) in [7, 11) is 9.95. The van der Waals surface area contributed by atoms with E-state index in [-0.39, 0.29) is 0 Å². The molecule has 0 spiro atoms. The Hall–Kier alpha value is 0.260. The molecular weight excluding hydrogens is 247 g/mol. The molecule has 4 atom stereocenters. The molecule has 1 saturated carbocycles. The summed E-state index contributed by atoms with van der Waals surface area (Å²) in [6.07, 6.45) is 12.5. The summed E-state index contributed by atoms with van der Waals surface area (Å²) in [4.78, 5) is 0. The normalized spacial score (nSPS) is 47.8. The summed E-state index contributed by atoms with van der Waals surface area (Å²) in [6, 6.07) is 0. The fourth-order valence-corrected chi connectivity index (χ4v) is 3.58. The van der Waals surface area contributed by atoms with Crippen molar-refractivity contribution in [2.45, 2.75) is 107 Å². The van der Waals surface area contributed by atoms with Gasteiger partial charge in [-0.2, -0.15) is 0 Å². The molecule has 0 saturated heterocycles. The zero-order valence-electron chi connectivity index (χ0n) is 16.4. The van der Waals surface area contributed by atoms with Crippen LogP contribution in [-0.4, -0.2) is 31.4 Å². The molecule has 4 unspecified atom stereocenters. The van der Waals surface area contributed by atoms with Crippen LogP contribution in [0, 0.1) is 0 Å². The Morgan fingerprint density at radius 1 is 0.429 bits per heavy atom. The molecule has 0 radical (unpaired) electrons. The highest BCUT2D eigenvalue weighted by molar-refractivity contribution is 6.17. The molecule has 1 aliphatic rings. The van der Waals surface area contributed by atoms with E-state index >= 15 is 0 Å². The summed E-state index contributed by atoms with van der Waals surface area (Å²) >= 11 is 0. The van der Waals surface area contributed by atoms with Crippen molar-refractivity contribution >= 4 is 31.4 Å². The third-order valence-corrected chi connectivity index (χ3v) is 6.14. The van der Waals surface area contributed by atoms with Crippen molar-refractivity contribution in [3.63, 3.8) is 0 Å². The van der Waals surface area contributed by atoms with E-state index in [1.54, 1.807) is 0 Å². The maximum absolute atomic E-state index is 2.49. The first-order valence-corrected chi connectivity index (χ1v) is 9.33. The standard InChI is InChI=1S/C17H38B4/c1-14(18)6-5-7-15(2,19)9-11-17(4,21)13-12-16(3,20)10-8-14/h5-13,18-21H2,1-4H3. The average Bonchev–Trinajstić information content (AvgIpc) is 2.32. The van der Waals surface area contributed by atoms with E-state index in [4.69, 9.17) is 0 Å². The lowest BCUT2D eigenvalue weighted by Gasteiger charge is -2.34. The number of hydrogen-bond donors (Lipinski definition) is 0. The molecular formula is C17H38B4. The van der Waals surface area contributed by atoms with Crippen LogP contribution in [0.5, 0.6) is 0 Å². The molecule has 0 aromatic carbocycles. The Balaban J connectivity index is 2.80. The van der Waals surface area contributed by atoms with Gasteiger partial charge in [-0.3, -0.25) is 0 Å². The molecule has 118 valence electrons. The van der Waals surface area contributed by atoms with E-state index in [1.165, 1.54) is 57.8 Å². The predicted molar refractivity (Wildman–Crippen MR) is 109 cm³/mol. The molecule has 0 nitrogen and oxygen atoms in total. The molecule has 4 heteroatoms. The highest BCUT2D eigenvalue weighted by atomic mass is 14.3. The minimum Gasteiger partial charge on any atom is -0.0669 e. The van der Waals surface area contributed by atoms with Crippen LogP contribution < -0.4 is 0 Å². The van der Waals surface area contributed by atoms with Crippen molar-refractivity contribution < 1.29 is 0 Å². The smallest absolute Gasteiger partial charge is 0.0669 e. The van der Waals surface area contributed by atoms with E-state index < -0.39 is 0 Å². The van der Waals surface area contributed by atoms with E-state index in [9.17, 15) is 0 Å². The fraction of sp³-hybridized carbons (Fsp3) is 1.00. The lowest BCUT2D eigenvalue weighted by atomic mass is 9.55. The van der Waals surface area contributed by atoms with Crippen LogP contribution in [0.1, 0.15) is 85.5 Å². The van der Waals surface area contributed by atoms with Crippen LogP contribution in [0.15, 0.2) is 0 Å². The second-order valence-corrected chi connectivity index (χ2v) is 11.0. The molecule has 0 aliphatic heterocycles. The summed E-state index contributed by atoms with van der Waals surface area (Å²) < 4.78 is 0. The topological polar surface area (TPSA) is 0 Å². The molecule has 1 fully saturated rings. The number of hydrogen-bond acceptors (Lipinski definition) is 0. The van der Waals surface area contributed by atoms with Gasteiger partial charge in [0.25, 0.3) is 0 Å². The molecule has 0 bridgehead atoms. The van der Waals surface area contributed by atoms with E-state index in [1.807, 2.05) is 0 Å². The van der Waals surface area contributed by atoms with Gasteiger partial charge in [-0.25, -0.2) is 0 Å². The zero-order valence-corrected chi connectivity index (χ0v) is 16.4. The van der Waals surface area contributed by atoms with Crippen molar-refractivity contribution in [2.75, 3.05) is 0 Å². The van der Waals surface area contributed by atoms with Crippen LogP contribution in [0.2, 0.25) is 21.3 Å². The SMILES string of the molecule is BC1(C)CCCC(B)(C)CCC(B)(C)CCC(B)(C)CC1. The monoisotopic (exact) mass is 286 g/mol. The van der Waals surface area contributed by atoms with Gasteiger partial charge in [0.05, 0.1) is 0 Å². The van der Waals surface area contributed by atoms with Gasteiger partial charge in [0.2, 0.25) is 0 Å². The lowest BCUT2D eigenvalue weighted by Crippen LogP contribution is -2.18. The van der Waals surface area contributed by atoms with Crippen molar-refractivity contribution in [2.24, 2.45) is 0 Å². The third kappa shape index (κ3) is 7.89. The molecule has 0 aromatic heterocycles. The van der Waals surface area contributed by atoms with Crippen LogP contribution in [0.25, 0.3) is 0 Å². The van der Waals surface area contributed by atoms with Gasteiger partial charge in [-0.15, -0.1) is 0 Å². The first-order chi connectivity index (χ1) is 9.33.